The number of hydrogen-bond donors (Lipinski definition) is 3. The van der Waals surface area contributed by atoms with Crippen molar-refractivity contribution in [2.75, 3.05) is 13.1 Å². The van der Waals surface area contributed by atoms with Crippen LogP contribution in [-0.4, -0.2) is 36.9 Å². The lowest BCUT2D eigenvalue weighted by molar-refractivity contribution is -0.126. The van der Waals surface area contributed by atoms with Crippen LogP contribution in [0.5, 0.6) is 0 Å². The molecule has 0 spiro atoms. The van der Waals surface area contributed by atoms with Gasteiger partial charge in [0, 0.05) is 12.1 Å². The zero-order valence-corrected chi connectivity index (χ0v) is 12.2. The predicted molar refractivity (Wildman–Crippen MR) is 82.7 cm³/mol. The first-order valence-corrected chi connectivity index (χ1v) is 7.20. The van der Waals surface area contributed by atoms with Crippen LogP contribution in [-0.2, 0) is 14.4 Å². The Labute approximate surface area is 129 Å². The van der Waals surface area contributed by atoms with Crippen molar-refractivity contribution in [3.63, 3.8) is 0 Å². The van der Waals surface area contributed by atoms with Gasteiger partial charge in [0.1, 0.15) is 0 Å². The predicted octanol–water partition coefficient (Wildman–Crippen LogP) is 0.211. The summed E-state index contributed by atoms with van der Waals surface area (Å²) in [5.41, 5.74) is 0.902. The molecule has 1 fully saturated rings. The van der Waals surface area contributed by atoms with Crippen LogP contribution in [0.15, 0.2) is 36.4 Å². The van der Waals surface area contributed by atoms with Crippen LogP contribution in [0, 0.1) is 0 Å². The summed E-state index contributed by atoms with van der Waals surface area (Å²) in [5, 5.41) is 7.68. The topological polar surface area (TPSA) is 87.3 Å². The van der Waals surface area contributed by atoms with Crippen LogP contribution >= 0.6 is 0 Å². The van der Waals surface area contributed by atoms with E-state index in [1.165, 1.54) is 6.08 Å². The summed E-state index contributed by atoms with van der Waals surface area (Å²) < 4.78 is 0. The molecular formula is C16H19N3O3. The van der Waals surface area contributed by atoms with Crippen molar-refractivity contribution >= 4 is 23.8 Å². The van der Waals surface area contributed by atoms with Gasteiger partial charge in [-0.1, -0.05) is 30.3 Å². The Kier molecular flexibility index (Phi) is 5.71. The molecule has 3 amide bonds. The normalized spacial score (nSPS) is 13.6. The Bertz CT molecular complexity index is 565. The van der Waals surface area contributed by atoms with Crippen LogP contribution in [0.4, 0.5) is 0 Å². The minimum Gasteiger partial charge on any atom is -0.352 e. The van der Waals surface area contributed by atoms with Crippen LogP contribution in [0.2, 0.25) is 0 Å². The molecule has 6 heteroatoms. The van der Waals surface area contributed by atoms with Crippen molar-refractivity contribution in [2.45, 2.75) is 18.9 Å². The average molecular weight is 301 g/mol. The maximum absolute atomic E-state index is 11.6. The van der Waals surface area contributed by atoms with Crippen molar-refractivity contribution in [3.05, 3.63) is 42.0 Å². The van der Waals surface area contributed by atoms with Crippen molar-refractivity contribution in [3.8, 4) is 0 Å². The van der Waals surface area contributed by atoms with Crippen LogP contribution in [0.3, 0.4) is 0 Å². The number of nitrogens with one attached hydrogen (secondary N) is 3. The third kappa shape index (κ3) is 6.21. The van der Waals surface area contributed by atoms with Crippen LogP contribution in [0.25, 0.3) is 6.08 Å². The van der Waals surface area contributed by atoms with E-state index in [-0.39, 0.29) is 30.9 Å². The second-order valence-electron chi connectivity index (χ2n) is 5.08. The number of amides is 3. The second kappa shape index (κ2) is 7.97. The van der Waals surface area contributed by atoms with E-state index in [9.17, 15) is 14.4 Å². The van der Waals surface area contributed by atoms with Gasteiger partial charge in [-0.3, -0.25) is 14.4 Å². The fourth-order valence-electron chi connectivity index (χ4n) is 1.71. The summed E-state index contributed by atoms with van der Waals surface area (Å²) in [6, 6.07) is 9.65. The SMILES string of the molecule is O=C(/C=C/c1ccccc1)NCC(=O)NCC(=O)NC1CC1. The summed E-state index contributed by atoms with van der Waals surface area (Å²) in [5.74, 6) is -0.958. The standard InChI is InChI=1S/C16H19N3O3/c20-14(9-6-12-4-2-1-3-5-12)17-10-15(21)18-11-16(22)19-13-7-8-13/h1-6,9,13H,7-8,10-11H2,(H,17,20)(H,18,21)(H,19,22)/b9-6+. The summed E-state index contributed by atoms with van der Waals surface area (Å²) in [4.78, 5) is 34.4. The molecule has 1 saturated carbocycles. The zero-order valence-electron chi connectivity index (χ0n) is 12.2. The second-order valence-corrected chi connectivity index (χ2v) is 5.08. The van der Waals surface area contributed by atoms with E-state index in [0.717, 1.165) is 18.4 Å². The van der Waals surface area contributed by atoms with E-state index in [2.05, 4.69) is 16.0 Å². The van der Waals surface area contributed by atoms with E-state index < -0.39 is 5.91 Å². The number of rotatable bonds is 7. The first-order chi connectivity index (χ1) is 10.6. The average Bonchev–Trinajstić information content (AvgIpc) is 3.34. The largest absolute Gasteiger partial charge is 0.352 e. The van der Waals surface area contributed by atoms with Gasteiger partial charge in [0.05, 0.1) is 13.1 Å². The summed E-state index contributed by atoms with van der Waals surface area (Å²) in [6.45, 7) is -0.222. The summed E-state index contributed by atoms with van der Waals surface area (Å²) >= 11 is 0. The molecule has 0 unspecified atom stereocenters. The van der Waals surface area contributed by atoms with E-state index in [1.54, 1.807) is 6.08 Å². The molecular weight excluding hydrogens is 282 g/mol. The molecule has 0 saturated heterocycles. The van der Waals surface area contributed by atoms with Gasteiger partial charge in [-0.2, -0.15) is 0 Å². The van der Waals surface area contributed by atoms with E-state index >= 15 is 0 Å². The Morgan fingerprint density at radius 2 is 1.68 bits per heavy atom. The lowest BCUT2D eigenvalue weighted by Crippen LogP contribution is -2.42. The molecule has 0 bridgehead atoms. The van der Waals surface area contributed by atoms with Gasteiger partial charge in [-0.15, -0.1) is 0 Å². The van der Waals surface area contributed by atoms with Gasteiger partial charge in [-0.05, 0) is 24.5 Å². The van der Waals surface area contributed by atoms with E-state index in [1.807, 2.05) is 30.3 Å². The molecule has 1 aliphatic rings. The van der Waals surface area contributed by atoms with Gasteiger partial charge in [-0.25, -0.2) is 0 Å². The zero-order chi connectivity index (χ0) is 15.8. The third-order valence-corrected chi connectivity index (χ3v) is 3.04. The highest BCUT2D eigenvalue weighted by Gasteiger charge is 2.23. The Hall–Kier alpha value is -2.63. The molecule has 0 heterocycles. The lowest BCUT2D eigenvalue weighted by atomic mass is 10.2. The van der Waals surface area contributed by atoms with Crippen molar-refractivity contribution < 1.29 is 14.4 Å². The van der Waals surface area contributed by atoms with E-state index in [4.69, 9.17) is 0 Å². The van der Waals surface area contributed by atoms with E-state index in [0.29, 0.717) is 0 Å². The molecule has 1 aliphatic carbocycles. The molecule has 0 radical (unpaired) electrons. The molecule has 3 N–H and O–H groups in total. The minimum absolute atomic E-state index is 0.0644. The maximum atomic E-state index is 11.6. The van der Waals surface area contributed by atoms with Gasteiger partial charge in [0.25, 0.3) is 0 Å². The fourth-order valence-corrected chi connectivity index (χ4v) is 1.71. The highest BCUT2D eigenvalue weighted by atomic mass is 16.2. The quantitative estimate of drug-likeness (QED) is 0.629. The molecule has 2 rings (SSSR count). The summed E-state index contributed by atoms with van der Waals surface area (Å²) in [7, 11) is 0. The molecule has 0 aliphatic heterocycles. The first kappa shape index (κ1) is 15.8. The van der Waals surface area contributed by atoms with Crippen LogP contribution in [0.1, 0.15) is 18.4 Å². The fraction of sp³-hybridized carbons (Fsp3) is 0.312. The highest BCUT2D eigenvalue weighted by Crippen LogP contribution is 2.18. The number of carbonyl (C=O) groups is 3. The smallest absolute Gasteiger partial charge is 0.244 e. The van der Waals surface area contributed by atoms with Crippen molar-refractivity contribution in [1.29, 1.82) is 0 Å². The number of hydrogen-bond acceptors (Lipinski definition) is 3. The Morgan fingerprint density at radius 1 is 1.00 bits per heavy atom. The first-order valence-electron chi connectivity index (χ1n) is 7.20. The minimum atomic E-state index is -0.396. The number of benzene rings is 1. The molecule has 0 aromatic heterocycles. The lowest BCUT2D eigenvalue weighted by Gasteiger charge is -2.06. The monoisotopic (exact) mass is 301 g/mol. The van der Waals surface area contributed by atoms with Crippen molar-refractivity contribution in [2.24, 2.45) is 0 Å². The Morgan fingerprint density at radius 3 is 2.36 bits per heavy atom. The molecule has 0 atom stereocenters. The van der Waals surface area contributed by atoms with Gasteiger partial charge < -0.3 is 16.0 Å². The molecule has 6 nitrogen and oxygen atoms in total. The molecule has 22 heavy (non-hydrogen) atoms. The van der Waals surface area contributed by atoms with Gasteiger partial charge in [0.15, 0.2) is 0 Å². The van der Waals surface area contributed by atoms with Gasteiger partial charge >= 0.3 is 0 Å². The third-order valence-electron chi connectivity index (χ3n) is 3.04. The van der Waals surface area contributed by atoms with Crippen LogP contribution < -0.4 is 16.0 Å². The number of carbonyl (C=O) groups excluding carboxylic acids is 3. The molecule has 116 valence electrons. The highest BCUT2D eigenvalue weighted by molar-refractivity contribution is 5.94. The van der Waals surface area contributed by atoms with Crippen molar-refractivity contribution in [1.82, 2.24) is 16.0 Å². The Balaban J connectivity index is 1.61. The summed E-state index contributed by atoms with van der Waals surface area (Å²) in [6.07, 6.45) is 5.03. The molecule has 1 aromatic carbocycles. The molecule has 1 aromatic rings. The maximum Gasteiger partial charge on any atom is 0.244 e. The van der Waals surface area contributed by atoms with Gasteiger partial charge in [0.2, 0.25) is 17.7 Å².